The fourth-order valence-electron chi connectivity index (χ4n) is 4.85. The third kappa shape index (κ3) is 5.79. The third-order valence-electron chi connectivity index (χ3n) is 6.57. The van der Waals surface area contributed by atoms with Crippen LogP contribution >= 0.6 is 0 Å². The number of carbonyl (C=O) groups is 2. The minimum absolute atomic E-state index is 0.289. The highest BCUT2D eigenvalue weighted by molar-refractivity contribution is 5.93. The summed E-state index contributed by atoms with van der Waals surface area (Å²) in [6.07, 6.45) is 3.07. The van der Waals surface area contributed by atoms with Crippen LogP contribution < -0.4 is 10.6 Å². The van der Waals surface area contributed by atoms with Crippen molar-refractivity contribution < 1.29 is 19.1 Å². The van der Waals surface area contributed by atoms with E-state index in [9.17, 15) is 9.59 Å². The number of benzene rings is 2. The molecule has 1 amide bonds. The summed E-state index contributed by atoms with van der Waals surface area (Å²) in [5.41, 5.74) is 4.41. The predicted octanol–water partition coefficient (Wildman–Crippen LogP) is 5.76. The number of fused-ring (bicyclic) bond motifs is 3. The number of hydrogen-bond acceptors (Lipinski definition) is 5. The maximum Gasteiger partial charge on any atom is 0.411 e. The van der Waals surface area contributed by atoms with E-state index in [0.717, 1.165) is 41.5 Å². The number of ether oxygens (including phenoxy) is 2. The topological polar surface area (TPSA) is 81.6 Å². The number of esters is 1. The highest BCUT2D eigenvalue weighted by Gasteiger charge is 2.34. The van der Waals surface area contributed by atoms with E-state index in [1.54, 1.807) is 18.2 Å². The molecule has 190 valence electrons. The summed E-state index contributed by atoms with van der Waals surface area (Å²) >= 11 is 0. The van der Waals surface area contributed by atoms with Crippen molar-refractivity contribution in [2.24, 2.45) is 13.0 Å². The zero-order valence-corrected chi connectivity index (χ0v) is 21.3. The van der Waals surface area contributed by atoms with Crippen molar-refractivity contribution in [2.75, 3.05) is 18.5 Å². The van der Waals surface area contributed by atoms with Crippen LogP contribution in [-0.2, 0) is 22.9 Å². The molecule has 0 fully saturated rings. The summed E-state index contributed by atoms with van der Waals surface area (Å²) < 4.78 is 13.4. The number of rotatable bonds is 9. The normalized spacial score (nSPS) is 17.0. The van der Waals surface area contributed by atoms with E-state index in [1.807, 2.05) is 43.4 Å². The lowest BCUT2D eigenvalue weighted by atomic mass is 9.84. The number of amides is 1. The molecule has 4 rings (SSSR count). The second kappa shape index (κ2) is 11.4. The highest BCUT2D eigenvalue weighted by atomic mass is 16.5. The first-order chi connectivity index (χ1) is 17.4. The van der Waals surface area contributed by atoms with E-state index >= 15 is 0 Å². The molecule has 1 aliphatic carbocycles. The molecule has 2 N–H and O–H groups in total. The molecular formula is C29H35N3O4. The molecule has 0 aliphatic heterocycles. The number of aryl methyl sites for hydroxylation is 1. The van der Waals surface area contributed by atoms with Crippen LogP contribution in [0, 0.1) is 5.92 Å². The zero-order valence-electron chi connectivity index (χ0n) is 21.3. The van der Waals surface area contributed by atoms with Gasteiger partial charge in [0, 0.05) is 29.7 Å². The smallest absolute Gasteiger partial charge is 0.411 e. The highest BCUT2D eigenvalue weighted by Crippen LogP contribution is 2.42. The number of hydrogen-bond donors (Lipinski definition) is 2. The quantitative estimate of drug-likeness (QED) is 0.227. The number of aromatic nitrogens is 1. The second-order valence-electron chi connectivity index (χ2n) is 9.62. The Kier molecular flexibility index (Phi) is 8.10. The number of carbonyl (C=O) groups excluding carboxylic acids is 2. The molecule has 1 heterocycles. The summed E-state index contributed by atoms with van der Waals surface area (Å²) in [5, 5.41) is 7.41. The molecule has 0 saturated heterocycles. The van der Waals surface area contributed by atoms with Crippen molar-refractivity contribution in [1.29, 1.82) is 0 Å². The molecule has 1 aromatic heterocycles. The lowest BCUT2D eigenvalue weighted by Crippen LogP contribution is -2.34. The Morgan fingerprint density at radius 3 is 2.69 bits per heavy atom. The van der Waals surface area contributed by atoms with Crippen molar-refractivity contribution in [3.8, 4) is 0 Å². The number of nitrogens with zero attached hydrogens (tertiary/aromatic N) is 1. The van der Waals surface area contributed by atoms with E-state index in [1.165, 1.54) is 0 Å². The van der Waals surface area contributed by atoms with Crippen LogP contribution in [0.15, 0.2) is 61.2 Å². The molecule has 0 saturated carbocycles. The van der Waals surface area contributed by atoms with Crippen molar-refractivity contribution in [1.82, 2.24) is 9.88 Å². The van der Waals surface area contributed by atoms with Crippen LogP contribution in [0.5, 0.6) is 0 Å². The Hall–Kier alpha value is -3.58. The van der Waals surface area contributed by atoms with Crippen molar-refractivity contribution in [3.63, 3.8) is 0 Å². The van der Waals surface area contributed by atoms with Gasteiger partial charge in [0.15, 0.2) is 0 Å². The van der Waals surface area contributed by atoms with Gasteiger partial charge in [0.05, 0.1) is 17.9 Å². The summed E-state index contributed by atoms with van der Waals surface area (Å²) in [6, 6.07) is 15.3. The van der Waals surface area contributed by atoms with Crippen LogP contribution in [-0.4, -0.2) is 35.8 Å². The number of anilines is 1. The molecular weight excluding hydrogens is 454 g/mol. The molecule has 2 aromatic carbocycles. The van der Waals surface area contributed by atoms with Gasteiger partial charge in [-0.1, -0.05) is 38.1 Å². The minimum Gasteiger partial charge on any atom is -0.452 e. The summed E-state index contributed by atoms with van der Waals surface area (Å²) in [7, 11) is 2.01. The second-order valence-corrected chi connectivity index (χ2v) is 9.62. The predicted molar refractivity (Wildman–Crippen MR) is 142 cm³/mol. The maximum atomic E-state index is 13.0. The molecule has 2 atom stereocenters. The summed E-state index contributed by atoms with van der Waals surface area (Å²) in [5.74, 6) is -0.0153. The van der Waals surface area contributed by atoms with Gasteiger partial charge in [-0.15, -0.1) is 6.58 Å². The van der Waals surface area contributed by atoms with Gasteiger partial charge in [0.2, 0.25) is 0 Å². The van der Waals surface area contributed by atoms with E-state index in [0.29, 0.717) is 29.6 Å². The fourth-order valence-corrected chi connectivity index (χ4v) is 4.85. The lowest BCUT2D eigenvalue weighted by Gasteiger charge is -2.31. The molecule has 2 unspecified atom stereocenters. The van der Waals surface area contributed by atoms with Gasteiger partial charge < -0.3 is 19.4 Å². The fraction of sp³-hybridized carbons (Fsp3) is 0.379. The van der Waals surface area contributed by atoms with Gasteiger partial charge in [-0.2, -0.15) is 0 Å². The average Bonchev–Trinajstić information content (AvgIpc) is 3.15. The standard InChI is InChI=1S/C29H35N3O4/c1-5-6-14-35-29(34)31-22-12-13-25-23(17-22)24-15-20(18-30-19(2)3)16-26(27(24)32(25)4)36-28(33)21-10-8-7-9-11-21/h5,7-13,17,19-20,26,30H,1,6,14-16,18H2,2-4H3,(H,31,34). The molecule has 0 spiro atoms. The van der Waals surface area contributed by atoms with E-state index in [-0.39, 0.29) is 18.7 Å². The van der Waals surface area contributed by atoms with E-state index in [4.69, 9.17) is 9.47 Å². The molecule has 0 bridgehead atoms. The Morgan fingerprint density at radius 1 is 1.19 bits per heavy atom. The SMILES string of the molecule is C=CCCOC(=O)Nc1ccc2c(c1)c1c(n2C)C(OC(=O)c2ccccc2)CC(CNC(C)C)C1. The molecule has 36 heavy (non-hydrogen) atoms. The van der Waals surface area contributed by atoms with Crippen LogP contribution in [0.3, 0.4) is 0 Å². The first-order valence-corrected chi connectivity index (χ1v) is 12.5. The number of nitrogens with one attached hydrogen (secondary N) is 2. The van der Waals surface area contributed by atoms with Crippen molar-refractivity contribution >= 4 is 28.7 Å². The van der Waals surface area contributed by atoms with Crippen LogP contribution in [0.4, 0.5) is 10.5 Å². The Morgan fingerprint density at radius 2 is 1.97 bits per heavy atom. The third-order valence-corrected chi connectivity index (χ3v) is 6.57. The van der Waals surface area contributed by atoms with Gasteiger partial charge in [0.25, 0.3) is 0 Å². The molecule has 7 heteroatoms. The van der Waals surface area contributed by atoms with Crippen molar-refractivity contribution in [3.05, 3.63) is 78.0 Å². The molecule has 1 aliphatic rings. The Labute approximate surface area is 212 Å². The monoisotopic (exact) mass is 489 g/mol. The van der Waals surface area contributed by atoms with Crippen LogP contribution in [0.25, 0.3) is 10.9 Å². The zero-order chi connectivity index (χ0) is 25.7. The Bertz CT molecular complexity index is 1230. The first kappa shape index (κ1) is 25.5. The summed E-state index contributed by atoms with van der Waals surface area (Å²) in [4.78, 5) is 25.2. The first-order valence-electron chi connectivity index (χ1n) is 12.5. The minimum atomic E-state index is -0.491. The molecule has 0 radical (unpaired) electrons. The molecule has 3 aromatic rings. The van der Waals surface area contributed by atoms with Gasteiger partial charge in [-0.05, 0) is 67.6 Å². The largest absolute Gasteiger partial charge is 0.452 e. The van der Waals surface area contributed by atoms with Crippen LogP contribution in [0.1, 0.15) is 54.4 Å². The maximum absolute atomic E-state index is 13.0. The van der Waals surface area contributed by atoms with Gasteiger partial charge in [-0.3, -0.25) is 5.32 Å². The average molecular weight is 490 g/mol. The Balaban J connectivity index is 1.65. The molecule has 7 nitrogen and oxygen atoms in total. The van der Waals surface area contributed by atoms with Gasteiger partial charge in [-0.25, -0.2) is 9.59 Å². The lowest BCUT2D eigenvalue weighted by molar-refractivity contribution is 0.0190. The van der Waals surface area contributed by atoms with Crippen molar-refractivity contribution in [2.45, 2.75) is 45.3 Å². The van der Waals surface area contributed by atoms with Gasteiger partial charge >= 0.3 is 12.1 Å². The van der Waals surface area contributed by atoms with E-state index < -0.39 is 6.09 Å². The van der Waals surface area contributed by atoms with E-state index in [2.05, 4.69) is 35.6 Å². The summed E-state index contributed by atoms with van der Waals surface area (Å²) in [6.45, 7) is 9.02. The van der Waals surface area contributed by atoms with Gasteiger partial charge in [0.1, 0.15) is 6.10 Å². The van der Waals surface area contributed by atoms with Crippen LogP contribution in [0.2, 0.25) is 0 Å².